The molecule has 3 rings (SSSR count). The Morgan fingerprint density at radius 3 is 2.56 bits per heavy atom. The zero-order valence-electron chi connectivity index (χ0n) is 10.3. The lowest BCUT2D eigenvalue weighted by molar-refractivity contribution is 0.667. The predicted octanol–water partition coefficient (Wildman–Crippen LogP) is 3.36. The first-order chi connectivity index (χ1) is 8.92. The summed E-state index contributed by atoms with van der Waals surface area (Å²) in [4.78, 5) is 4.65. The normalized spacial score (nSPS) is 13.3. The van der Waals surface area contributed by atoms with Crippen LogP contribution in [0.4, 0.5) is 0 Å². The summed E-state index contributed by atoms with van der Waals surface area (Å²) in [7, 11) is 0. The molecule has 1 nitrogen and oxygen atoms in total. The molecule has 1 heterocycles. The first kappa shape index (κ1) is 11.0. The van der Waals surface area contributed by atoms with Crippen LogP contribution in [0.25, 0.3) is 0 Å². The molecule has 1 aromatic carbocycles. The Hall–Kier alpha value is -2.07. The molecular formula is C17H15N. The van der Waals surface area contributed by atoms with Gasteiger partial charge in [0.25, 0.3) is 0 Å². The topological polar surface area (TPSA) is 12.9 Å². The smallest absolute Gasteiger partial charge is 0.113 e. The van der Waals surface area contributed by atoms with Crippen LogP contribution in [-0.2, 0) is 12.8 Å². The molecule has 0 fully saturated rings. The molecule has 0 N–H and O–H groups in total. The minimum Gasteiger partial charge on any atom is -0.244 e. The highest BCUT2D eigenvalue weighted by Crippen LogP contribution is 2.19. The van der Waals surface area contributed by atoms with E-state index in [1.807, 2.05) is 36.4 Å². The van der Waals surface area contributed by atoms with Gasteiger partial charge in [-0.25, -0.2) is 4.98 Å². The Morgan fingerprint density at radius 2 is 1.67 bits per heavy atom. The zero-order chi connectivity index (χ0) is 12.2. The third-order valence-corrected chi connectivity index (χ3v) is 3.29. The summed E-state index contributed by atoms with van der Waals surface area (Å²) in [5, 5.41) is 0. The summed E-state index contributed by atoms with van der Waals surface area (Å²) in [6, 6.07) is 14.3. The largest absolute Gasteiger partial charge is 0.244 e. The maximum atomic E-state index is 4.65. The van der Waals surface area contributed by atoms with E-state index in [1.54, 1.807) is 0 Å². The van der Waals surface area contributed by atoms with Crippen molar-refractivity contribution in [3.05, 3.63) is 65.0 Å². The van der Waals surface area contributed by atoms with E-state index in [2.05, 4.69) is 22.9 Å². The second kappa shape index (κ2) is 5.06. The van der Waals surface area contributed by atoms with E-state index in [4.69, 9.17) is 0 Å². The van der Waals surface area contributed by atoms with Crippen molar-refractivity contribution < 1.29 is 0 Å². The van der Waals surface area contributed by atoms with Crippen LogP contribution in [-0.4, -0.2) is 4.98 Å². The van der Waals surface area contributed by atoms with Crippen molar-refractivity contribution in [2.24, 2.45) is 0 Å². The Kier molecular flexibility index (Phi) is 3.10. The van der Waals surface area contributed by atoms with Crippen molar-refractivity contribution in [3.8, 4) is 11.8 Å². The van der Waals surface area contributed by atoms with Crippen LogP contribution in [0.2, 0.25) is 0 Å². The summed E-state index contributed by atoms with van der Waals surface area (Å²) in [5.74, 6) is 6.31. The first-order valence-electron chi connectivity index (χ1n) is 6.48. The van der Waals surface area contributed by atoms with Crippen LogP contribution in [0.15, 0.2) is 42.5 Å². The van der Waals surface area contributed by atoms with E-state index in [0.29, 0.717) is 0 Å². The lowest BCUT2D eigenvalue weighted by atomic mass is 9.96. The molecule has 0 bridgehead atoms. The lowest BCUT2D eigenvalue weighted by Gasteiger charge is -2.13. The predicted molar refractivity (Wildman–Crippen MR) is 73.3 cm³/mol. The quantitative estimate of drug-likeness (QED) is 0.636. The second-order valence-electron chi connectivity index (χ2n) is 4.63. The molecule has 1 heteroatoms. The first-order valence-corrected chi connectivity index (χ1v) is 6.48. The molecule has 0 aliphatic heterocycles. The van der Waals surface area contributed by atoms with Gasteiger partial charge in [-0.1, -0.05) is 30.2 Å². The monoisotopic (exact) mass is 233 g/mol. The number of aryl methyl sites for hydroxylation is 2. The molecule has 88 valence electrons. The third-order valence-electron chi connectivity index (χ3n) is 3.29. The van der Waals surface area contributed by atoms with Gasteiger partial charge in [0, 0.05) is 11.3 Å². The van der Waals surface area contributed by atoms with Crippen LogP contribution in [0, 0.1) is 11.8 Å². The van der Waals surface area contributed by atoms with E-state index < -0.39 is 0 Å². The molecule has 0 unspecified atom stereocenters. The lowest BCUT2D eigenvalue weighted by Crippen LogP contribution is -2.05. The highest BCUT2D eigenvalue weighted by molar-refractivity contribution is 5.41. The Bertz CT molecular complexity index is 602. The summed E-state index contributed by atoms with van der Waals surface area (Å²) in [5.41, 5.74) is 4.59. The van der Waals surface area contributed by atoms with Crippen molar-refractivity contribution in [2.75, 3.05) is 0 Å². The molecule has 0 radical (unpaired) electrons. The molecule has 1 aliphatic carbocycles. The number of pyridine rings is 1. The van der Waals surface area contributed by atoms with Gasteiger partial charge in [0.15, 0.2) is 0 Å². The maximum absolute atomic E-state index is 4.65. The number of rotatable bonds is 0. The highest BCUT2D eigenvalue weighted by Gasteiger charge is 2.09. The molecule has 0 spiro atoms. The van der Waals surface area contributed by atoms with Gasteiger partial charge in [0.2, 0.25) is 0 Å². The van der Waals surface area contributed by atoms with Crippen LogP contribution in [0.3, 0.4) is 0 Å². The van der Waals surface area contributed by atoms with Crippen molar-refractivity contribution in [1.82, 2.24) is 4.98 Å². The second-order valence-corrected chi connectivity index (χ2v) is 4.63. The summed E-state index contributed by atoms with van der Waals surface area (Å²) >= 11 is 0. The fourth-order valence-electron chi connectivity index (χ4n) is 2.31. The average molecular weight is 233 g/mol. The van der Waals surface area contributed by atoms with Crippen molar-refractivity contribution in [2.45, 2.75) is 25.7 Å². The number of nitrogens with zero attached hydrogens (tertiary/aromatic N) is 1. The van der Waals surface area contributed by atoms with Crippen LogP contribution in [0.1, 0.15) is 35.4 Å². The third kappa shape index (κ3) is 2.43. The number of benzene rings is 1. The number of hydrogen-bond donors (Lipinski definition) is 0. The van der Waals surface area contributed by atoms with Gasteiger partial charge < -0.3 is 0 Å². The van der Waals surface area contributed by atoms with E-state index in [-0.39, 0.29) is 0 Å². The Balaban J connectivity index is 1.88. The minimum absolute atomic E-state index is 0.888. The van der Waals surface area contributed by atoms with E-state index in [1.165, 1.54) is 30.5 Å². The molecule has 1 aliphatic rings. The van der Waals surface area contributed by atoms with Crippen molar-refractivity contribution in [3.63, 3.8) is 0 Å². The van der Waals surface area contributed by atoms with E-state index in [0.717, 1.165) is 17.7 Å². The van der Waals surface area contributed by atoms with E-state index >= 15 is 0 Å². The fourth-order valence-corrected chi connectivity index (χ4v) is 2.31. The number of fused-ring (bicyclic) bond motifs is 1. The number of hydrogen-bond acceptors (Lipinski definition) is 1. The summed E-state index contributed by atoms with van der Waals surface area (Å²) < 4.78 is 0. The molecule has 2 aromatic rings. The molecule has 0 saturated carbocycles. The van der Waals surface area contributed by atoms with Crippen molar-refractivity contribution in [1.29, 1.82) is 0 Å². The molecule has 0 atom stereocenters. The zero-order valence-corrected chi connectivity index (χ0v) is 10.3. The number of aromatic nitrogens is 1. The highest BCUT2D eigenvalue weighted by atomic mass is 14.7. The van der Waals surface area contributed by atoms with Crippen molar-refractivity contribution >= 4 is 0 Å². The van der Waals surface area contributed by atoms with Crippen LogP contribution in [0.5, 0.6) is 0 Å². The average Bonchev–Trinajstić information content (AvgIpc) is 2.46. The SMILES string of the molecule is C(#Cc1ccc2c(n1)CCCC2)c1ccccc1. The van der Waals surface area contributed by atoms with Gasteiger partial charge in [-0.3, -0.25) is 0 Å². The van der Waals surface area contributed by atoms with Crippen LogP contribution >= 0.6 is 0 Å². The summed E-state index contributed by atoms with van der Waals surface area (Å²) in [6.45, 7) is 0. The van der Waals surface area contributed by atoms with Gasteiger partial charge in [-0.15, -0.1) is 0 Å². The molecule has 1 aromatic heterocycles. The molecular weight excluding hydrogens is 218 g/mol. The Labute approximate surface area is 108 Å². The van der Waals surface area contributed by atoms with Gasteiger partial charge in [-0.05, 0) is 55.4 Å². The minimum atomic E-state index is 0.888. The Morgan fingerprint density at radius 1 is 0.833 bits per heavy atom. The molecule has 18 heavy (non-hydrogen) atoms. The molecule has 0 amide bonds. The van der Waals surface area contributed by atoms with E-state index in [9.17, 15) is 0 Å². The molecule has 0 saturated heterocycles. The van der Waals surface area contributed by atoms with Gasteiger partial charge in [-0.2, -0.15) is 0 Å². The standard InChI is InChI=1S/C17H15N/c1-2-6-14(7-3-1)10-12-16-13-11-15-8-4-5-9-17(15)18-16/h1-3,6-7,11,13H,4-5,8-9H2. The maximum Gasteiger partial charge on any atom is 0.113 e. The van der Waals surface area contributed by atoms with Crippen LogP contribution < -0.4 is 0 Å². The van der Waals surface area contributed by atoms with Gasteiger partial charge in [0.05, 0.1) is 0 Å². The summed E-state index contributed by atoms with van der Waals surface area (Å²) in [6.07, 6.45) is 4.84. The van der Waals surface area contributed by atoms with Gasteiger partial charge in [0.1, 0.15) is 5.69 Å². The fraction of sp³-hybridized carbons (Fsp3) is 0.235. The van der Waals surface area contributed by atoms with Gasteiger partial charge >= 0.3 is 0 Å².